The monoisotopic (exact) mass is 333 g/mol. The predicted molar refractivity (Wildman–Crippen MR) is 91.7 cm³/mol. The average Bonchev–Trinajstić information content (AvgIpc) is 3.15. The lowest BCUT2D eigenvalue weighted by atomic mass is 9.94. The van der Waals surface area contributed by atoms with Crippen LogP contribution in [0.2, 0.25) is 0 Å². The van der Waals surface area contributed by atoms with Crippen LogP contribution in [-0.4, -0.2) is 45.7 Å². The van der Waals surface area contributed by atoms with Gasteiger partial charge in [-0.2, -0.15) is 5.10 Å². The van der Waals surface area contributed by atoms with Crippen LogP contribution in [0.5, 0.6) is 0 Å². The molecule has 2 aromatic heterocycles. The van der Waals surface area contributed by atoms with Gasteiger partial charge >= 0.3 is 0 Å². The standard InChI is InChI=1S/C16H23N5OS/c1-12(22)19(2)16-18-14(11-23-16)10-21-8-4-5-13(9-21)15-6-7-17-20(15)3/h6-7,11,13H,4-5,8-10H2,1-3H3. The highest BCUT2D eigenvalue weighted by Gasteiger charge is 2.24. The number of thiazole rings is 1. The van der Waals surface area contributed by atoms with Gasteiger partial charge in [0.15, 0.2) is 5.13 Å². The van der Waals surface area contributed by atoms with E-state index in [-0.39, 0.29) is 5.91 Å². The fraction of sp³-hybridized carbons (Fsp3) is 0.562. The highest BCUT2D eigenvalue weighted by molar-refractivity contribution is 7.14. The lowest BCUT2D eigenvalue weighted by Crippen LogP contribution is -2.34. The highest BCUT2D eigenvalue weighted by atomic mass is 32.1. The predicted octanol–water partition coefficient (Wildman–Crippen LogP) is 2.24. The molecule has 0 spiro atoms. The van der Waals surface area contributed by atoms with Gasteiger partial charge < -0.3 is 0 Å². The molecule has 0 bridgehead atoms. The van der Waals surface area contributed by atoms with Crippen LogP contribution in [0.25, 0.3) is 0 Å². The molecule has 1 saturated heterocycles. The Hall–Kier alpha value is -1.73. The molecule has 1 atom stereocenters. The van der Waals surface area contributed by atoms with Crippen LogP contribution in [-0.2, 0) is 18.4 Å². The smallest absolute Gasteiger partial charge is 0.225 e. The second kappa shape index (κ2) is 6.80. The van der Waals surface area contributed by atoms with Crippen LogP contribution in [0.15, 0.2) is 17.6 Å². The van der Waals surface area contributed by atoms with E-state index in [0.717, 1.165) is 30.5 Å². The van der Waals surface area contributed by atoms with Crippen molar-refractivity contribution in [3.05, 3.63) is 29.0 Å². The Bertz CT molecular complexity index is 680. The van der Waals surface area contributed by atoms with E-state index in [1.165, 1.54) is 29.9 Å². The average molecular weight is 333 g/mol. The molecule has 23 heavy (non-hydrogen) atoms. The first-order valence-electron chi connectivity index (χ1n) is 7.93. The number of aromatic nitrogens is 3. The van der Waals surface area contributed by atoms with Gasteiger partial charge in [0, 0.05) is 57.3 Å². The van der Waals surface area contributed by atoms with Crippen molar-refractivity contribution in [1.29, 1.82) is 0 Å². The molecule has 0 radical (unpaired) electrons. The first-order chi connectivity index (χ1) is 11.0. The van der Waals surface area contributed by atoms with Crippen LogP contribution < -0.4 is 4.90 Å². The third kappa shape index (κ3) is 3.61. The summed E-state index contributed by atoms with van der Waals surface area (Å²) in [5, 5.41) is 7.12. The Morgan fingerprint density at radius 2 is 2.35 bits per heavy atom. The summed E-state index contributed by atoms with van der Waals surface area (Å²) < 4.78 is 1.98. The molecule has 0 aliphatic carbocycles. The molecule has 6 nitrogen and oxygen atoms in total. The largest absolute Gasteiger partial charge is 0.297 e. The normalized spacial score (nSPS) is 19.0. The zero-order valence-corrected chi connectivity index (χ0v) is 14.7. The summed E-state index contributed by atoms with van der Waals surface area (Å²) in [4.78, 5) is 20.1. The Morgan fingerprint density at radius 3 is 3.04 bits per heavy atom. The molecular weight excluding hydrogens is 310 g/mol. The fourth-order valence-electron chi connectivity index (χ4n) is 3.11. The third-order valence-corrected chi connectivity index (χ3v) is 5.43. The quantitative estimate of drug-likeness (QED) is 0.861. The minimum Gasteiger partial charge on any atom is -0.297 e. The van der Waals surface area contributed by atoms with E-state index in [4.69, 9.17) is 0 Å². The number of rotatable bonds is 4. The van der Waals surface area contributed by atoms with E-state index < -0.39 is 0 Å². The minimum absolute atomic E-state index is 0.0140. The molecule has 0 aromatic carbocycles. The lowest BCUT2D eigenvalue weighted by molar-refractivity contribution is -0.116. The van der Waals surface area contributed by atoms with E-state index in [1.807, 2.05) is 17.9 Å². The molecule has 0 saturated carbocycles. The highest BCUT2D eigenvalue weighted by Crippen LogP contribution is 2.28. The van der Waals surface area contributed by atoms with Crippen LogP contribution in [0, 0.1) is 0 Å². The van der Waals surface area contributed by atoms with Crippen LogP contribution in [0.4, 0.5) is 5.13 Å². The van der Waals surface area contributed by atoms with Crippen LogP contribution in [0.1, 0.15) is 37.1 Å². The first-order valence-corrected chi connectivity index (χ1v) is 8.81. The number of hydrogen-bond donors (Lipinski definition) is 0. The van der Waals surface area contributed by atoms with E-state index in [9.17, 15) is 4.79 Å². The molecule has 1 aliphatic rings. The Kier molecular flexibility index (Phi) is 4.77. The van der Waals surface area contributed by atoms with Crippen molar-refractivity contribution < 1.29 is 4.79 Å². The van der Waals surface area contributed by atoms with Crippen molar-refractivity contribution in [3.8, 4) is 0 Å². The van der Waals surface area contributed by atoms with Gasteiger partial charge in [0.1, 0.15) is 0 Å². The second-order valence-electron chi connectivity index (χ2n) is 6.15. The summed E-state index contributed by atoms with van der Waals surface area (Å²) in [6, 6.07) is 2.12. The molecule has 124 valence electrons. The number of amides is 1. The van der Waals surface area contributed by atoms with Gasteiger partial charge in [-0.15, -0.1) is 11.3 Å². The molecule has 1 fully saturated rings. The van der Waals surface area contributed by atoms with Crippen LogP contribution >= 0.6 is 11.3 Å². The van der Waals surface area contributed by atoms with Crippen molar-refractivity contribution in [1.82, 2.24) is 19.7 Å². The lowest BCUT2D eigenvalue weighted by Gasteiger charge is -2.32. The summed E-state index contributed by atoms with van der Waals surface area (Å²) >= 11 is 1.53. The van der Waals surface area contributed by atoms with Gasteiger partial charge in [0.2, 0.25) is 5.91 Å². The number of likely N-dealkylation sites (tertiary alicyclic amines) is 1. The molecule has 1 unspecified atom stereocenters. The van der Waals surface area contributed by atoms with E-state index in [2.05, 4.69) is 26.4 Å². The number of carbonyl (C=O) groups is 1. The number of carbonyl (C=O) groups excluding carboxylic acids is 1. The van der Waals surface area contributed by atoms with Gasteiger partial charge in [0.05, 0.1) is 5.69 Å². The maximum Gasteiger partial charge on any atom is 0.225 e. The number of hydrogen-bond acceptors (Lipinski definition) is 5. The molecule has 1 aliphatic heterocycles. The number of aryl methyl sites for hydroxylation is 1. The van der Waals surface area contributed by atoms with Crippen LogP contribution in [0.3, 0.4) is 0 Å². The van der Waals surface area contributed by atoms with Gasteiger partial charge in [-0.1, -0.05) is 0 Å². The zero-order chi connectivity index (χ0) is 16.4. The summed E-state index contributed by atoms with van der Waals surface area (Å²) in [5.74, 6) is 0.550. The minimum atomic E-state index is 0.0140. The fourth-order valence-corrected chi connectivity index (χ4v) is 3.94. The summed E-state index contributed by atoms with van der Waals surface area (Å²) in [5.41, 5.74) is 2.36. The molecule has 2 aromatic rings. The number of piperidine rings is 1. The summed E-state index contributed by atoms with van der Waals surface area (Å²) in [6.45, 7) is 4.54. The number of nitrogens with zero attached hydrogens (tertiary/aromatic N) is 5. The SMILES string of the molecule is CC(=O)N(C)c1nc(CN2CCCC(c3ccnn3C)C2)cs1. The molecule has 7 heteroatoms. The Balaban J connectivity index is 1.64. The third-order valence-electron chi connectivity index (χ3n) is 4.47. The molecular formula is C16H23N5OS. The Labute approximate surface area is 140 Å². The van der Waals surface area contributed by atoms with Crippen molar-refractivity contribution >= 4 is 22.4 Å². The summed E-state index contributed by atoms with van der Waals surface area (Å²) in [6.07, 6.45) is 4.28. The topological polar surface area (TPSA) is 54.3 Å². The molecule has 1 amide bonds. The van der Waals surface area contributed by atoms with Gasteiger partial charge in [-0.3, -0.25) is 19.3 Å². The van der Waals surface area contributed by atoms with Gasteiger partial charge in [-0.05, 0) is 25.5 Å². The summed E-state index contributed by atoms with van der Waals surface area (Å²) in [7, 11) is 3.78. The molecule has 3 rings (SSSR count). The van der Waals surface area contributed by atoms with Crippen molar-refractivity contribution in [2.75, 3.05) is 25.0 Å². The zero-order valence-electron chi connectivity index (χ0n) is 13.9. The van der Waals surface area contributed by atoms with E-state index in [0.29, 0.717) is 5.92 Å². The molecule has 3 heterocycles. The van der Waals surface area contributed by atoms with Gasteiger partial charge in [0.25, 0.3) is 0 Å². The van der Waals surface area contributed by atoms with Crippen molar-refractivity contribution in [2.45, 2.75) is 32.2 Å². The van der Waals surface area contributed by atoms with E-state index in [1.54, 1.807) is 18.9 Å². The second-order valence-corrected chi connectivity index (χ2v) is 6.99. The molecule has 0 N–H and O–H groups in total. The van der Waals surface area contributed by atoms with E-state index >= 15 is 0 Å². The van der Waals surface area contributed by atoms with Gasteiger partial charge in [-0.25, -0.2) is 4.98 Å². The van der Waals surface area contributed by atoms with Crippen molar-refractivity contribution in [3.63, 3.8) is 0 Å². The maximum atomic E-state index is 11.4. The van der Waals surface area contributed by atoms with Crippen molar-refractivity contribution in [2.24, 2.45) is 7.05 Å². The number of anilines is 1. The first kappa shape index (κ1) is 16.1. The Morgan fingerprint density at radius 1 is 1.52 bits per heavy atom. The maximum absolute atomic E-state index is 11.4.